The Hall–Kier alpha value is -1.34. The number of ether oxygens (including phenoxy) is 9. The fourth-order valence-electron chi connectivity index (χ4n) is 4.83. The van der Waals surface area contributed by atoms with E-state index in [2.05, 4.69) is 0 Å². The molecule has 0 aliphatic carbocycles. The summed E-state index contributed by atoms with van der Waals surface area (Å²) in [6, 6.07) is 0. The molecule has 33 heavy (non-hydrogen) atoms. The molecule has 4 aliphatic heterocycles. The van der Waals surface area contributed by atoms with Crippen LogP contribution >= 0.6 is 0 Å². The summed E-state index contributed by atoms with van der Waals surface area (Å²) in [6.45, 7) is 11.8. The molecule has 11 heteroatoms. The minimum Gasteiger partial charge on any atom is -0.458 e. The highest BCUT2D eigenvalue weighted by Crippen LogP contribution is 2.44. The van der Waals surface area contributed by atoms with Gasteiger partial charge in [-0.3, -0.25) is 9.59 Å². The molecule has 188 valence electrons. The highest BCUT2D eigenvalue weighted by molar-refractivity contribution is 5.67. The number of hydrogen-bond acceptors (Lipinski definition) is 11. The zero-order valence-corrected chi connectivity index (χ0v) is 20.1. The van der Waals surface area contributed by atoms with Gasteiger partial charge in [-0.2, -0.15) is 0 Å². The Kier molecular flexibility index (Phi) is 6.78. The van der Waals surface area contributed by atoms with Gasteiger partial charge in [0.2, 0.25) is 0 Å². The number of hydrogen-bond donors (Lipinski definition) is 0. The largest absolute Gasteiger partial charge is 0.458 e. The van der Waals surface area contributed by atoms with E-state index in [-0.39, 0.29) is 19.1 Å². The average molecular weight is 475 g/mol. The first-order chi connectivity index (χ1) is 15.3. The molecule has 4 rings (SSSR count). The van der Waals surface area contributed by atoms with Crippen LogP contribution in [0, 0.1) is 0 Å². The fourth-order valence-corrected chi connectivity index (χ4v) is 4.83. The van der Waals surface area contributed by atoms with Gasteiger partial charge in [-0.25, -0.2) is 0 Å². The zero-order valence-electron chi connectivity index (χ0n) is 20.1. The predicted molar refractivity (Wildman–Crippen MR) is 109 cm³/mol. The number of esters is 2. The summed E-state index contributed by atoms with van der Waals surface area (Å²) in [4.78, 5) is 23.1. The Labute approximate surface area is 193 Å². The van der Waals surface area contributed by atoms with Crippen molar-refractivity contribution in [1.82, 2.24) is 0 Å². The van der Waals surface area contributed by atoms with Crippen molar-refractivity contribution in [2.75, 3.05) is 6.61 Å². The lowest BCUT2D eigenvalue weighted by molar-refractivity contribution is -0.282. The summed E-state index contributed by atoms with van der Waals surface area (Å²) in [6.07, 6.45) is -4.84. The number of carbonyl (C=O) groups excluding carboxylic acids is 2. The van der Waals surface area contributed by atoms with E-state index in [4.69, 9.17) is 42.6 Å². The molecule has 0 aromatic heterocycles. The van der Waals surface area contributed by atoms with E-state index in [1.165, 1.54) is 13.8 Å². The van der Waals surface area contributed by atoms with Crippen LogP contribution in [0.1, 0.15) is 54.9 Å². The van der Waals surface area contributed by atoms with Gasteiger partial charge in [0, 0.05) is 20.3 Å². The van der Waals surface area contributed by atoms with Crippen molar-refractivity contribution in [2.24, 2.45) is 0 Å². The summed E-state index contributed by atoms with van der Waals surface area (Å²) >= 11 is 0. The van der Waals surface area contributed by atoms with Crippen molar-refractivity contribution in [1.29, 1.82) is 0 Å². The van der Waals surface area contributed by atoms with Gasteiger partial charge >= 0.3 is 11.9 Å². The second-order valence-electron chi connectivity index (χ2n) is 9.77. The first kappa shape index (κ1) is 24.8. The van der Waals surface area contributed by atoms with E-state index >= 15 is 0 Å². The summed E-state index contributed by atoms with van der Waals surface area (Å²) in [5.74, 6) is -2.58. The molecule has 0 aromatic rings. The molecule has 9 atom stereocenters. The van der Waals surface area contributed by atoms with Gasteiger partial charge in [0.05, 0.1) is 12.7 Å². The van der Waals surface area contributed by atoms with E-state index in [1.807, 2.05) is 27.7 Å². The average Bonchev–Trinajstić information content (AvgIpc) is 3.15. The Bertz CT molecular complexity index is 753. The van der Waals surface area contributed by atoms with Crippen LogP contribution in [-0.2, 0) is 52.2 Å². The molecule has 0 radical (unpaired) electrons. The second kappa shape index (κ2) is 9.03. The first-order valence-corrected chi connectivity index (χ1v) is 11.3. The number of fused-ring (bicyclic) bond motifs is 3. The van der Waals surface area contributed by atoms with Crippen LogP contribution in [0.5, 0.6) is 0 Å². The third-order valence-corrected chi connectivity index (χ3v) is 5.94. The minimum atomic E-state index is -0.810. The minimum absolute atomic E-state index is 0.121. The lowest BCUT2D eigenvalue weighted by Crippen LogP contribution is -2.57. The summed E-state index contributed by atoms with van der Waals surface area (Å²) in [5, 5.41) is 0. The molecule has 0 bridgehead atoms. The van der Waals surface area contributed by atoms with Gasteiger partial charge in [-0.1, -0.05) is 0 Å². The Balaban J connectivity index is 1.42. The van der Waals surface area contributed by atoms with Crippen LogP contribution in [0.25, 0.3) is 0 Å². The number of carbonyl (C=O) groups is 2. The Morgan fingerprint density at radius 3 is 2.12 bits per heavy atom. The van der Waals surface area contributed by atoms with E-state index < -0.39 is 72.7 Å². The monoisotopic (exact) mass is 474 g/mol. The van der Waals surface area contributed by atoms with Gasteiger partial charge in [0.1, 0.15) is 30.5 Å². The molecule has 0 aromatic carbocycles. The van der Waals surface area contributed by atoms with Crippen LogP contribution in [-0.4, -0.2) is 85.4 Å². The van der Waals surface area contributed by atoms with Crippen molar-refractivity contribution in [2.45, 2.75) is 122 Å². The molecule has 4 aliphatic rings. The lowest BCUT2D eigenvalue weighted by Gasteiger charge is -2.40. The van der Waals surface area contributed by atoms with E-state index in [9.17, 15) is 9.59 Å². The standard InChI is InChI=1S/C22H34O11/c1-10-16(28-12(3)24)13(27-11(2)23)8-15(26-10)25-9-14-17-18(31-21(4,5)30-17)19-20(29-14)33-22(6,7)32-19/h10,13-20H,8-9H2,1-7H3. The Morgan fingerprint density at radius 1 is 0.848 bits per heavy atom. The van der Waals surface area contributed by atoms with Crippen LogP contribution in [0.2, 0.25) is 0 Å². The predicted octanol–water partition coefficient (Wildman–Crippen LogP) is 1.40. The molecule has 11 nitrogen and oxygen atoms in total. The number of rotatable bonds is 5. The SMILES string of the molecule is CC(=O)OC1CC(OCC2OC3OC(C)(C)OC3C3OC(C)(C)OC23)OC(C)C1OC(C)=O. The molecular formula is C22H34O11. The topological polar surface area (TPSA) is 117 Å². The van der Waals surface area contributed by atoms with Crippen molar-refractivity contribution in [3.63, 3.8) is 0 Å². The fraction of sp³-hybridized carbons (Fsp3) is 0.909. The summed E-state index contributed by atoms with van der Waals surface area (Å²) < 4.78 is 52.9. The molecule has 0 saturated carbocycles. The van der Waals surface area contributed by atoms with Gasteiger partial charge in [-0.15, -0.1) is 0 Å². The molecule has 0 spiro atoms. The molecule has 0 amide bonds. The zero-order chi connectivity index (χ0) is 24.1. The maximum Gasteiger partial charge on any atom is 0.303 e. The molecular weight excluding hydrogens is 440 g/mol. The van der Waals surface area contributed by atoms with E-state index in [0.717, 1.165) is 0 Å². The molecule has 4 saturated heterocycles. The smallest absolute Gasteiger partial charge is 0.303 e. The van der Waals surface area contributed by atoms with Crippen LogP contribution in [0.15, 0.2) is 0 Å². The first-order valence-electron chi connectivity index (χ1n) is 11.3. The van der Waals surface area contributed by atoms with Crippen LogP contribution in [0.4, 0.5) is 0 Å². The summed E-state index contributed by atoms with van der Waals surface area (Å²) in [5.41, 5.74) is 0. The molecule has 4 heterocycles. The van der Waals surface area contributed by atoms with Crippen molar-refractivity contribution >= 4 is 11.9 Å². The van der Waals surface area contributed by atoms with E-state index in [0.29, 0.717) is 0 Å². The normalized spacial score (nSPS) is 43.4. The maximum absolute atomic E-state index is 11.6. The van der Waals surface area contributed by atoms with Crippen molar-refractivity contribution < 1.29 is 52.2 Å². The van der Waals surface area contributed by atoms with Gasteiger partial charge in [0.15, 0.2) is 30.3 Å². The van der Waals surface area contributed by atoms with Gasteiger partial charge < -0.3 is 42.6 Å². The van der Waals surface area contributed by atoms with Gasteiger partial charge in [0.25, 0.3) is 0 Å². The quantitative estimate of drug-likeness (QED) is 0.538. The van der Waals surface area contributed by atoms with Gasteiger partial charge in [-0.05, 0) is 34.6 Å². The maximum atomic E-state index is 11.6. The molecule has 9 unspecified atom stereocenters. The lowest BCUT2D eigenvalue weighted by atomic mass is 9.99. The second-order valence-corrected chi connectivity index (χ2v) is 9.77. The van der Waals surface area contributed by atoms with E-state index in [1.54, 1.807) is 6.92 Å². The summed E-state index contributed by atoms with van der Waals surface area (Å²) in [7, 11) is 0. The highest BCUT2D eigenvalue weighted by Gasteiger charge is 2.60. The van der Waals surface area contributed by atoms with Crippen LogP contribution in [0.3, 0.4) is 0 Å². The van der Waals surface area contributed by atoms with Crippen molar-refractivity contribution in [3.8, 4) is 0 Å². The molecule has 0 N–H and O–H groups in total. The molecule has 4 fully saturated rings. The highest BCUT2D eigenvalue weighted by atomic mass is 16.9. The Morgan fingerprint density at radius 2 is 1.45 bits per heavy atom. The third kappa shape index (κ3) is 5.50. The third-order valence-electron chi connectivity index (χ3n) is 5.94. The van der Waals surface area contributed by atoms with Crippen LogP contribution < -0.4 is 0 Å². The van der Waals surface area contributed by atoms with Crippen molar-refractivity contribution in [3.05, 3.63) is 0 Å².